The van der Waals surface area contributed by atoms with E-state index in [-0.39, 0.29) is 0 Å². The molecule has 2 unspecified atom stereocenters. The van der Waals surface area contributed by atoms with Gasteiger partial charge in [-0.3, -0.25) is 0 Å². The fourth-order valence-corrected chi connectivity index (χ4v) is 3.77. The monoisotopic (exact) mass is 339 g/mol. The molecule has 0 aromatic heterocycles. The number of methoxy groups -OCH3 is 1. The van der Waals surface area contributed by atoms with Gasteiger partial charge >= 0.3 is 0 Å². The normalized spacial score (nSPS) is 19.6. The maximum Gasteiger partial charge on any atom is 0.133 e. The average molecular weight is 340 g/mol. The summed E-state index contributed by atoms with van der Waals surface area (Å²) in [6.07, 6.45) is 6.99. The predicted molar refractivity (Wildman–Crippen MR) is 88.3 cm³/mol. The van der Waals surface area contributed by atoms with Crippen LogP contribution < -0.4 is 10.1 Å². The van der Waals surface area contributed by atoms with Gasteiger partial charge in [-0.05, 0) is 66.2 Å². The highest BCUT2D eigenvalue weighted by Gasteiger charge is 2.21. The van der Waals surface area contributed by atoms with Gasteiger partial charge in [0.15, 0.2) is 0 Å². The second-order valence-electron chi connectivity index (χ2n) is 5.97. The Morgan fingerprint density at radius 1 is 1.20 bits per heavy atom. The number of rotatable bonds is 5. The zero-order chi connectivity index (χ0) is 14.5. The molecule has 1 aliphatic rings. The van der Waals surface area contributed by atoms with Gasteiger partial charge in [0.25, 0.3) is 0 Å². The lowest BCUT2D eigenvalue weighted by molar-refractivity contribution is 0.268. The van der Waals surface area contributed by atoms with Gasteiger partial charge in [-0.2, -0.15) is 0 Å². The van der Waals surface area contributed by atoms with Crippen LogP contribution in [0.4, 0.5) is 0 Å². The second kappa shape index (κ2) is 7.46. The Hall–Kier alpha value is -0.540. The Morgan fingerprint density at radius 3 is 2.50 bits per heavy atom. The summed E-state index contributed by atoms with van der Waals surface area (Å²) in [4.78, 5) is 0. The first-order valence-corrected chi connectivity index (χ1v) is 8.50. The van der Waals surface area contributed by atoms with Gasteiger partial charge in [0, 0.05) is 12.1 Å². The molecule has 0 radical (unpaired) electrons. The minimum absolute atomic E-state index is 0.370. The van der Waals surface area contributed by atoms with E-state index in [0.29, 0.717) is 12.1 Å². The molecule has 2 atom stereocenters. The van der Waals surface area contributed by atoms with Crippen molar-refractivity contribution in [3.8, 4) is 5.75 Å². The van der Waals surface area contributed by atoms with E-state index in [2.05, 4.69) is 47.2 Å². The Balaban J connectivity index is 1.96. The second-order valence-corrected chi connectivity index (χ2v) is 6.82. The predicted octanol–water partition coefficient (Wildman–Crippen LogP) is 5.08. The Morgan fingerprint density at radius 2 is 1.90 bits per heavy atom. The standard InChI is InChI=1S/C17H26BrNO/c1-12(14-7-5-4-6-8-14)19-13(2)15-9-10-17(20-3)16(18)11-15/h9-14,19H,4-8H2,1-3H3. The van der Waals surface area contributed by atoms with Crippen molar-refractivity contribution < 1.29 is 4.74 Å². The molecule has 1 N–H and O–H groups in total. The summed E-state index contributed by atoms with van der Waals surface area (Å²) >= 11 is 3.57. The molecule has 0 spiro atoms. The van der Waals surface area contributed by atoms with Gasteiger partial charge in [-0.1, -0.05) is 25.3 Å². The molecule has 20 heavy (non-hydrogen) atoms. The Bertz CT molecular complexity index is 429. The van der Waals surface area contributed by atoms with Crippen LogP contribution in [0.15, 0.2) is 22.7 Å². The maximum absolute atomic E-state index is 5.29. The smallest absolute Gasteiger partial charge is 0.133 e. The Kier molecular flexibility index (Phi) is 5.91. The van der Waals surface area contributed by atoms with Gasteiger partial charge in [0.1, 0.15) is 5.75 Å². The van der Waals surface area contributed by atoms with Crippen molar-refractivity contribution in [1.82, 2.24) is 5.32 Å². The fourth-order valence-electron chi connectivity index (χ4n) is 3.21. The minimum atomic E-state index is 0.370. The lowest BCUT2D eigenvalue weighted by Gasteiger charge is -2.31. The highest BCUT2D eigenvalue weighted by molar-refractivity contribution is 9.10. The van der Waals surface area contributed by atoms with Gasteiger partial charge in [0.05, 0.1) is 11.6 Å². The largest absolute Gasteiger partial charge is 0.496 e. The highest BCUT2D eigenvalue weighted by atomic mass is 79.9. The van der Waals surface area contributed by atoms with Crippen LogP contribution in [0.3, 0.4) is 0 Å². The number of halogens is 1. The number of hydrogen-bond donors (Lipinski definition) is 1. The van der Waals surface area contributed by atoms with Gasteiger partial charge in [-0.25, -0.2) is 0 Å². The molecule has 0 saturated heterocycles. The van der Waals surface area contributed by atoms with Gasteiger partial charge < -0.3 is 10.1 Å². The zero-order valence-corrected chi connectivity index (χ0v) is 14.4. The molecule has 1 aliphatic carbocycles. The third kappa shape index (κ3) is 3.98. The first-order valence-electron chi connectivity index (χ1n) is 7.71. The van der Waals surface area contributed by atoms with Gasteiger partial charge in [0.2, 0.25) is 0 Å². The van der Waals surface area contributed by atoms with Crippen LogP contribution in [0.5, 0.6) is 5.75 Å². The third-order valence-corrected chi connectivity index (χ3v) is 5.17. The minimum Gasteiger partial charge on any atom is -0.496 e. The van der Waals surface area contributed by atoms with E-state index in [1.165, 1.54) is 37.7 Å². The van der Waals surface area contributed by atoms with Crippen LogP contribution >= 0.6 is 15.9 Å². The van der Waals surface area contributed by atoms with E-state index in [1.807, 2.05) is 6.07 Å². The molecule has 1 aromatic carbocycles. The summed E-state index contributed by atoms with van der Waals surface area (Å²) in [6.45, 7) is 4.58. The molecule has 0 heterocycles. The van der Waals surface area contributed by atoms with Crippen molar-refractivity contribution in [2.75, 3.05) is 7.11 Å². The topological polar surface area (TPSA) is 21.3 Å². The molecule has 112 valence electrons. The third-order valence-electron chi connectivity index (χ3n) is 4.55. The molecule has 0 amide bonds. The molecule has 1 saturated carbocycles. The average Bonchev–Trinajstić information content (AvgIpc) is 2.48. The number of nitrogens with one attached hydrogen (secondary N) is 1. The van der Waals surface area contributed by atoms with Crippen molar-refractivity contribution in [2.24, 2.45) is 5.92 Å². The molecular formula is C17H26BrNO. The maximum atomic E-state index is 5.29. The molecule has 0 aliphatic heterocycles. The van der Waals surface area contributed by atoms with E-state index in [9.17, 15) is 0 Å². The van der Waals surface area contributed by atoms with Gasteiger partial charge in [-0.15, -0.1) is 0 Å². The van der Waals surface area contributed by atoms with E-state index in [1.54, 1.807) is 7.11 Å². The summed E-state index contributed by atoms with van der Waals surface area (Å²) in [5.74, 6) is 1.73. The summed E-state index contributed by atoms with van der Waals surface area (Å²) in [5, 5.41) is 3.77. The summed E-state index contributed by atoms with van der Waals surface area (Å²) in [5.41, 5.74) is 1.31. The molecule has 0 bridgehead atoms. The number of benzene rings is 1. The SMILES string of the molecule is COc1ccc(C(C)NC(C)C2CCCCC2)cc1Br. The quantitative estimate of drug-likeness (QED) is 0.807. The van der Waals surface area contributed by atoms with E-state index in [0.717, 1.165) is 16.1 Å². The van der Waals surface area contributed by atoms with E-state index < -0.39 is 0 Å². The highest BCUT2D eigenvalue weighted by Crippen LogP contribution is 2.30. The molecule has 1 fully saturated rings. The number of ether oxygens (including phenoxy) is 1. The van der Waals surface area contributed by atoms with Crippen LogP contribution in [-0.4, -0.2) is 13.2 Å². The summed E-state index contributed by atoms with van der Waals surface area (Å²) in [6, 6.07) is 7.29. The van der Waals surface area contributed by atoms with E-state index >= 15 is 0 Å². The first-order chi connectivity index (χ1) is 9.61. The summed E-state index contributed by atoms with van der Waals surface area (Å²) in [7, 11) is 1.70. The molecule has 2 nitrogen and oxygen atoms in total. The van der Waals surface area contributed by atoms with E-state index in [4.69, 9.17) is 4.74 Å². The number of hydrogen-bond acceptors (Lipinski definition) is 2. The Labute approximate surface area is 131 Å². The fraction of sp³-hybridized carbons (Fsp3) is 0.647. The van der Waals surface area contributed by atoms with Crippen molar-refractivity contribution in [2.45, 2.75) is 58.0 Å². The van der Waals surface area contributed by atoms with Crippen LogP contribution in [0.25, 0.3) is 0 Å². The van der Waals surface area contributed by atoms with Crippen LogP contribution in [0.1, 0.15) is 57.6 Å². The molecule has 3 heteroatoms. The van der Waals surface area contributed by atoms with Crippen molar-refractivity contribution in [3.05, 3.63) is 28.2 Å². The van der Waals surface area contributed by atoms with Crippen molar-refractivity contribution in [1.29, 1.82) is 0 Å². The lowest BCUT2D eigenvalue weighted by Crippen LogP contribution is -2.36. The molecule has 1 aromatic rings. The molecule has 2 rings (SSSR count). The summed E-state index contributed by atoms with van der Waals surface area (Å²) < 4.78 is 6.31. The molecular weight excluding hydrogens is 314 g/mol. The van der Waals surface area contributed by atoms with Crippen molar-refractivity contribution >= 4 is 15.9 Å². The van der Waals surface area contributed by atoms with Crippen molar-refractivity contribution in [3.63, 3.8) is 0 Å². The van der Waals surface area contributed by atoms with Crippen LogP contribution in [0, 0.1) is 5.92 Å². The first kappa shape index (κ1) is 15.8. The lowest BCUT2D eigenvalue weighted by atomic mass is 9.84. The zero-order valence-electron chi connectivity index (χ0n) is 12.8. The van der Waals surface area contributed by atoms with Crippen LogP contribution in [-0.2, 0) is 0 Å². The van der Waals surface area contributed by atoms with Crippen LogP contribution in [0.2, 0.25) is 0 Å².